The van der Waals surface area contributed by atoms with Crippen LogP contribution in [0.4, 0.5) is 32.0 Å². The van der Waals surface area contributed by atoms with Crippen molar-refractivity contribution >= 4 is 5.69 Å². The molecule has 106 valence electrons. The van der Waals surface area contributed by atoms with Gasteiger partial charge in [0.05, 0.1) is 5.56 Å². The lowest BCUT2D eigenvalue weighted by molar-refractivity contribution is -0.139. The molecule has 7 heteroatoms. The maximum absolute atomic E-state index is 13.4. The van der Waals surface area contributed by atoms with Gasteiger partial charge in [-0.15, -0.1) is 0 Å². The molecule has 0 aliphatic heterocycles. The monoisotopic (exact) mass is 291 g/mol. The molecule has 1 nitrogen and oxygen atoms in total. The van der Waals surface area contributed by atoms with Crippen molar-refractivity contribution in [3.8, 4) is 11.1 Å². The van der Waals surface area contributed by atoms with E-state index in [-0.39, 0.29) is 11.1 Å². The third-order valence-corrected chi connectivity index (χ3v) is 2.69. The first-order chi connectivity index (χ1) is 9.20. The molecule has 0 fully saturated rings. The second kappa shape index (κ2) is 4.73. The Kier molecular flexibility index (Phi) is 3.37. The van der Waals surface area contributed by atoms with Crippen molar-refractivity contribution in [2.24, 2.45) is 0 Å². The largest absolute Gasteiger partial charge is 0.419 e. The lowest BCUT2D eigenvalue weighted by Gasteiger charge is -2.10. The van der Waals surface area contributed by atoms with Crippen molar-refractivity contribution in [2.75, 3.05) is 5.73 Å². The first kappa shape index (κ1) is 14.2. The maximum Gasteiger partial charge on any atom is 0.419 e. The van der Waals surface area contributed by atoms with Crippen LogP contribution in [0.15, 0.2) is 30.3 Å². The van der Waals surface area contributed by atoms with Crippen LogP contribution in [0.3, 0.4) is 0 Å². The number of alkyl halides is 3. The third-order valence-electron chi connectivity index (χ3n) is 2.69. The lowest BCUT2D eigenvalue weighted by Crippen LogP contribution is -2.07. The lowest BCUT2D eigenvalue weighted by atomic mass is 10.0. The van der Waals surface area contributed by atoms with E-state index in [9.17, 15) is 26.3 Å². The molecule has 20 heavy (non-hydrogen) atoms. The molecule has 0 saturated carbocycles. The van der Waals surface area contributed by atoms with Gasteiger partial charge in [0.2, 0.25) is 0 Å². The molecule has 0 aliphatic carbocycles. The second-order valence-corrected chi connectivity index (χ2v) is 4.05. The fraction of sp³-hybridized carbons (Fsp3) is 0.0769. The first-order valence-electron chi connectivity index (χ1n) is 5.32. The van der Waals surface area contributed by atoms with Gasteiger partial charge in [0.15, 0.2) is 0 Å². The predicted molar refractivity (Wildman–Crippen MR) is 61.2 cm³/mol. The number of nitrogens with two attached hydrogens (primary N) is 1. The normalized spacial score (nSPS) is 11.7. The molecule has 0 saturated heterocycles. The van der Waals surface area contributed by atoms with Crippen molar-refractivity contribution in [1.82, 2.24) is 0 Å². The van der Waals surface area contributed by atoms with Crippen LogP contribution in [-0.4, -0.2) is 0 Å². The minimum Gasteiger partial charge on any atom is -0.394 e. The summed E-state index contributed by atoms with van der Waals surface area (Å²) in [6.07, 6.45) is -4.83. The fourth-order valence-corrected chi connectivity index (χ4v) is 1.68. The average molecular weight is 291 g/mol. The Hall–Kier alpha value is -2.18. The van der Waals surface area contributed by atoms with E-state index in [1.165, 1.54) is 0 Å². The molecule has 0 aromatic heterocycles. The molecular formula is C13H7F6N. The Morgan fingerprint density at radius 3 is 1.70 bits per heavy atom. The van der Waals surface area contributed by atoms with Crippen LogP contribution in [-0.2, 0) is 6.18 Å². The highest BCUT2D eigenvalue weighted by Gasteiger charge is 2.33. The van der Waals surface area contributed by atoms with Crippen LogP contribution in [0.5, 0.6) is 0 Å². The minimum absolute atomic E-state index is 0.0895. The van der Waals surface area contributed by atoms with Gasteiger partial charge in [0.1, 0.15) is 23.1 Å². The number of anilines is 1. The van der Waals surface area contributed by atoms with Crippen LogP contribution in [0, 0.1) is 17.5 Å². The van der Waals surface area contributed by atoms with E-state index in [1.54, 1.807) is 0 Å². The van der Waals surface area contributed by atoms with E-state index < -0.39 is 34.9 Å². The number of halogens is 6. The van der Waals surface area contributed by atoms with Crippen LogP contribution in [0.25, 0.3) is 11.1 Å². The molecule has 2 aromatic carbocycles. The van der Waals surface area contributed by atoms with Crippen molar-refractivity contribution in [3.63, 3.8) is 0 Å². The summed E-state index contributed by atoms with van der Waals surface area (Å²) in [6, 6.07) is 3.64. The summed E-state index contributed by atoms with van der Waals surface area (Å²) in [6.45, 7) is 0. The molecular weight excluding hydrogens is 284 g/mol. The van der Waals surface area contributed by atoms with Crippen LogP contribution < -0.4 is 5.73 Å². The van der Waals surface area contributed by atoms with Crippen LogP contribution >= 0.6 is 0 Å². The smallest absolute Gasteiger partial charge is 0.394 e. The Balaban J connectivity index is 2.53. The van der Waals surface area contributed by atoms with E-state index in [0.29, 0.717) is 12.1 Å². The zero-order valence-corrected chi connectivity index (χ0v) is 9.73. The van der Waals surface area contributed by atoms with E-state index in [1.807, 2.05) is 0 Å². The van der Waals surface area contributed by atoms with Gasteiger partial charge in [-0.25, -0.2) is 13.2 Å². The summed E-state index contributed by atoms with van der Waals surface area (Å²) in [5, 5.41) is 0. The molecule has 2 N–H and O–H groups in total. The summed E-state index contributed by atoms with van der Waals surface area (Å²) in [7, 11) is 0. The number of hydrogen-bond donors (Lipinski definition) is 1. The summed E-state index contributed by atoms with van der Waals surface area (Å²) < 4.78 is 77.1. The zero-order chi connectivity index (χ0) is 15.1. The SMILES string of the molecule is Nc1c(F)cc(-c2ccc(C(F)(F)F)c(F)c2)cc1F. The summed E-state index contributed by atoms with van der Waals surface area (Å²) in [5.41, 5.74) is 2.71. The quantitative estimate of drug-likeness (QED) is 0.612. The van der Waals surface area contributed by atoms with Crippen LogP contribution in [0.1, 0.15) is 5.56 Å². The predicted octanol–water partition coefficient (Wildman–Crippen LogP) is 4.37. The molecule has 0 amide bonds. The zero-order valence-electron chi connectivity index (χ0n) is 9.73. The molecule has 0 aliphatic rings. The standard InChI is InChI=1S/C13H7F6N/c14-9-3-6(1-2-8(9)13(17,18)19)7-4-10(15)12(20)11(16)5-7/h1-5H,20H2. The van der Waals surface area contributed by atoms with Crippen molar-refractivity contribution in [3.05, 3.63) is 53.3 Å². The van der Waals surface area contributed by atoms with Gasteiger partial charge in [-0.1, -0.05) is 6.07 Å². The highest BCUT2D eigenvalue weighted by Crippen LogP contribution is 2.34. The Morgan fingerprint density at radius 2 is 1.25 bits per heavy atom. The molecule has 0 unspecified atom stereocenters. The van der Waals surface area contributed by atoms with Gasteiger partial charge >= 0.3 is 6.18 Å². The number of rotatable bonds is 1. The third kappa shape index (κ3) is 2.56. The van der Waals surface area contributed by atoms with Gasteiger partial charge in [0, 0.05) is 0 Å². The van der Waals surface area contributed by atoms with Crippen molar-refractivity contribution < 1.29 is 26.3 Å². The second-order valence-electron chi connectivity index (χ2n) is 4.05. The highest BCUT2D eigenvalue weighted by atomic mass is 19.4. The topological polar surface area (TPSA) is 26.0 Å². The Morgan fingerprint density at radius 1 is 0.750 bits per heavy atom. The molecule has 0 heterocycles. The molecule has 0 spiro atoms. The first-order valence-corrected chi connectivity index (χ1v) is 5.32. The minimum atomic E-state index is -4.83. The van der Waals surface area contributed by atoms with E-state index in [0.717, 1.165) is 18.2 Å². The van der Waals surface area contributed by atoms with Gasteiger partial charge < -0.3 is 5.73 Å². The summed E-state index contributed by atoms with van der Waals surface area (Å²) in [4.78, 5) is 0. The van der Waals surface area contributed by atoms with E-state index in [2.05, 4.69) is 0 Å². The summed E-state index contributed by atoms with van der Waals surface area (Å²) >= 11 is 0. The van der Waals surface area contributed by atoms with Gasteiger partial charge in [-0.05, 0) is 35.4 Å². The van der Waals surface area contributed by atoms with Gasteiger partial charge in [-0.3, -0.25) is 0 Å². The van der Waals surface area contributed by atoms with Crippen molar-refractivity contribution in [2.45, 2.75) is 6.18 Å². The number of benzene rings is 2. The van der Waals surface area contributed by atoms with Crippen molar-refractivity contribution in [1.29, 1.82) is 0 Å². The molecule has 0 atom stereocenters. The van der Waals surface area contributed by atoms with Gasteiger partial charge in [-0.2, -0.15) is 13.2 Å². The molecule has 0 bridgehead atoms. The van der Waals surface area contributed by atoms with Gasteiger partial charge in [0.25, 0.3) is 0 Å². The average Bonchev–Trinajstić information content (AvgIpc) is 2.33. The molecule has 2 rings (SSSR count). The van der Waals surface area contributed by atoms with Crippen LogP contribution in [0.2, 0.25) is 0 Å². The Bertz CT molecular complexity index is 639. The van der Waals surface area contributed by atoms with E-state index in [4.69, 9.17) is 5.73 Å². The molecule has 0 radical (unpaired) electrons. The maximum atomic E-state index is 13.4. The number of nitrogen functional groups attached to an aromatic ring is 1. The highest BCUT2D eigenvalue weighted by molar-refractivity contribution is 5.66. The fourth-order valence-electron chi connectivity index (χ4n) is 1.68. The number of hydrogen-bond acceptors (Lipinski definition) is 1. The molecule has 2 aromatic rings. The summed E-state index contributed by atoms with van der Waals surface area (Å²) in [5.74, 6) is -3.66. The Labute approximate surface area is 109 Å². The van der Waals surface area contributed by atoms with E-state index >= 15 is 0 Å².